The Morgan fingerprint density at radius 2 is 2.06 bits per heavy atom. The first kappa shape index (κ1) is 13.1. The Kier molecular flexibility index (Phi) is 3.72. The van der Waals surface area contributed by atoms with E-state index in [4.69, 9.17) is 5.73 Å². The van der Waals surface area contributed by atoms with Gasteiger partial charge in [-0.15, -0.1) is 0 Å². The topological polar surface area (TPSA) is 92.1 Å². The Morgan fingerprint density at radius 3 is 2.50 bits per heavy atom. The van der Waals surface area contributed by atoms with E-state index in [2.05, 4.69) is 10.2 Å². The molecular weight excluding hydrogens is 228 g/mol. The lowest BCUT2D eigenvalue weighted by atomic mass is 10.3. The van der Waals surface area contributed by atoms with E-state index in [0.717, 1.165) is 0 Å². The highest BCUT2D eigenvalue weighted by Crippen LogP contribution is 2.20. The number of H-pyrrole nitrogens is 1. The highest BCUT2D eigenvalue weighted by atomic mass is 32.2. The third kappa shape index (κ3) is 2.11. The van der Waals surface area contributed by atoms with Crippen LogP contribution in [0.3, 0.4) is 0 Å². The van der Waals surface area contributed by atoms with Gasteiger partial charge in [-0.3, -0.25) is 5.10 Å². The Hall–Kier alpha value is -0.920. The van der Waals surface area contributed by atoms with E-state index in [-0.39, 0.29) is 17.6 Å². The Labute approximate surface area is 95.9 Å². The Balaban J connectivity index is 3.27. The van der Waals surface area contributed by atoms with Crippen LogP contribution in [0, 0.1) is 6.92 Å². The summed E-state index contributed by atoms with van der Waals surface area (Å²) < 4.78 is 25.6. The zero-order chi connectivity index (χ0) is 12.5. The van der Waals surface area contributed by atoms with E-state index in [9.17, 15) is 8.42 Å². The highest BCUT2D eigenvalue weighted by Gasteiger charge is 2.28. The van der Waals surface area contributed by atoms with Crippen LogP contribution in [0.2, 0.25) is 0 Å². The van der Waals surface area contributed by atoms with Gasteiger partial charge < -0.3 is 5.73 Å². The van der Waals surface area contributed by atoms with Crippen LogP contribution in [0.5, 0.6) is 0 Å². The lowest BCUT2D eigenvalue weighted by molar-refractivity contribution is 0.408. The third-order valence-electron chi connectivity index (χ3n) is 2.59. The summed E-state index contributed by atoms with van der Waals surface area (Å²) in [5, 5.41) is 6.51. The van der Waals surface area contributed by atoms with Gasteiger partial charge in [0.15, 0.2) is 5.03 Å². The summed E-state index contributed by atoms with van der Waals surface area (Å²) in [4.78, 5) is 0. The molecule has 0 spiro atoms. The molecule has 0 aliphatic carbocycles. The lowest BCUT2D eigenvalue weighted by Gasteiger charge is -2.20. The molecule has 0 amide bonds. The molecule has 0 saturated carbocycles. The van der Waals surface area contributed by atoms with Crippen molar-refractivity contribution in [3.63, 3.8) is 0 Å². The van der Waals surface area contributed by atoms with E-state index in [1.807, 2.05) is 0 Å². The van der Waals surface area contributed by atoms with Crippen LogP contribution in [0.25, 0.3) is 0 Å². The fraction of sp³-hybridized carbons (Fsp3) is 0.667. The van der Waals surface area contributed by atoms with E-state index >= 15 is 0 Å². The predicted octanol–water partition coefficient (Wildman–Crippen LogP) is 0.206. The second-order valence-corrected chi connectivity index (χ2v) is 5.86. The van der Waals surface area contributed by atoms with Gasteiger partial charge in [-0.25, -0.2) is 8.42 Å². The molecule has 0 aliphatic heterocycles. The minimum absolute atomic E-state index is 0.0312. The van der Waals surface area contributed by atoms with Crippen molar-refractivity contribution in [3.8, 4) is 0 Å². The molecule has 0 saturated heterocycles. The quantitative estimate of drug-likeness (QED) is 0.794. The average molecular weight is 246 g/mol. The number of nitrogens with zero attached hydrogens (tertiary/aromatic N) is 2. The normalized spacial score (nSPS) is 12.7. The fourth-order valence-electron chi connectivity index (χ4n) is 1.30. The zero-order valence-corrected chi connectivity index (χ0v) is 10.8. The van der Waals surface area contributed by atoms with Crippen LogP contribution in [0.1, 0.15) is 25.1 Å². The van der Waals surface area contributed by atoms with Crippen LogP contribution in [0.15, 0.2) is 5.03 Å². The van der Waals surface area contributed by atoms with Crippen molar-refractivity contribution in [2.75, 3.05) is 7.05 Å². The maximum absolute atomic E-state index is 12.2. The monoisotopic (exact) mass is 246 g/mol. The molecule has 16 heavy (non-hydrogen) atoms. The van der Waals surface area contributed by atoms with Gasteiger partial charge in [-0.05, 0) is 20.8 Å². The summed E-state index contributed by atoms with van der Waals surface area (Å²) >= 11 is 0. The summed E-state index contributed by atoms with van der Waals surface area (Å²) in [5.41, 5.74) is 6.77. The molecule has 0 radical (unpaired) electrons. The van der Waals surface area contributed by atoms with Crippen LogP contribution in [-0.4, -0.2) is 36.0 Å². The van der Waals surface area contributed by atoms with Crippen molar-refractivity contribution in [3.05, 3.63) is 11.3 Å². The van der Waals surface area contributed by atoms with Crippen LogP contribution >= 0.6 is 0 Å². The zero-order valence-electron chi connectivity index (χ0n) is 9.98. The second kappa shape index (κ2) is 4.52. The molecule has 1 rings (SSSR count). The molecule has 1 aromatic heterocycles. The van der Waals surface area contributed by atoms with Crippen LogP contribution in [-0.2, 0) is 16.6 Å². The maximum atomic E-state index is 12.2. The number of hydrogen-bond donors (Lipinski definition) is 2. The first-order valence-electron chi connectivity index (χ1n) is 5.04. The van der Waals surface area contributed by atoms with Crippen molar-refractivity contribution in [1.29, 1.82) is 0 Å². The second-order valence-electron chi connectivity index (χ2n) is 3.95. The summed E-state index contributed by atoms with van der Waals surface area (Å²) in [7, 11) is -2.02. The number of aryl methyl sites for hydroxylation is 1. The molecule has 0 aliphatic rings. The number of sulfonamides is 1. The average Bonchev–Trinajstić information content (AvgIpc) is 2.58. The van der Waals surface area contributed by atoms with Crippen molar-refractivity contribution < 1.29 is 8.42 Å². The third-order valence-corrected chi connectivity index (χ3v) is 4.60. The molecule has 0 bridgehead atoms. The molecule has 7 heteroatoms. The number of aromatic nitrogens is 2. The van der Waals surface area contributed by atoms with E-state index < -0.39 is 10.0 Å². The molecule has 0 fully saturated rings. The number of nitrogens with two attached hydrogens (primary N) is 1. The number of rotatable bonds is 4. The summed E-state index contributed by atoms with van der Waals surface area (Å²) in [6, 6.07) is -0.118. The number of aromatic amines is 1. The van der Waals surface area contributed by atoms with Gasteiger partial charge in [0.25, 0.3) is 10.0 Å². The SMILES string of the molecule is Cc1[nH]nc(S(=O)(=O)N(C)C(C)C)c1CN. The van der Waals surface area contributed by atoms with E-state index in [1.165, 1.54) is 11.4 Å². The Bertz CT molecular complexity index is 464. The van der Waals surface area contributed by atoms with Crippen molar-refractivity contribution in [2.45, 2.75) is 38.4 Å². The van der Waals surface area contributed by atoms with Crippen LogP contribution < -0.4 is 5.73 Å². The molecule has 0 aromatic carbocycles. The lowest BCUT2D eigenvalue weighted by Crippen LogP contribution is -2.34. The molecule has 0 unspecified atom stereocenters. The summed E-state index contributed by atoms with van der Waals surface area (Å²) in [6.07, 6.45) is 0. The van der Waals surface area contributed by atoms with Gasteiger partial charge in [-0.2, -0.15) is 9.40 Å². The smallest absolute Gasteiger partial charge is 0.262 e. The number of hydrogen-bond acceptors (Lipinski definition) is 4. The molecule has 92 valence electrons. The van der Waals surface area contributed by atoms with Crippen molar-refractivity contribution in [2.24, 2.45) is 5.73 Å². The van der Waals surface area contributed by atoms with Gasteiger partial charge in [0.2, 0.25) is 0 Å². The summed E-state index contributed by atoms with van der Waals surface area (Å²) in [5.74, 6) is 0. The first-order valence-corrected chi connectivity index (χ1v) is 6.48. The largest absolute Gasteiger partial charge is 0.326 e. The molecule has 6 nitrogen and oxygen atoms in total. The van der Waals surface area contributed by atoms with Crippen molar-refractivity contribution >= 4 is 10.0 Å². The first-order chi connectivity index (χ1) is 7.32. The summed E-state index contributed by atoms with van der Waals surface area (Å²) in [6.45, 7) is 5.52. The minimum Gasteiger partial charge on any atom is -0.326 e. The van der Waals surface area contributed by atoms with Gasteiger partial charge in [0, 0.05) is 30.9 Å². The maximum Gasteiger partial charge on any atom is 0.262 e. The van der Waals surface area contributed by atoms with Gasteiger partial charge in [-0.1, -0.05) is 0 Å². The predicted molar refractivity (Wildman–Crippen MR) is 61.3 cm³/mol. The minimum atomic E-state index is -3.55. The van der Waals surface area contributed by atoms with Crippen LogP contribution in [0.4, 0.5) is 0 Å². The molecule has 3 N–H and O–H groups in total. The Morgan fingerprint density at radius 1 is 1.50 bits per heavy atom. The van der Waals surface area contributed by atoms with E-state index in [1.54, 1.807) is 20.8 Å². The van der Waals surface area contributed by atoms with Gasteiger partial charge in [0.05, 0.1) is 0 Å². The highest BCUT2D eigenvalue weighted by molar-refractivity contribution is 7.89. The fourth-order valence-corrected chi connectivity index (χ4v) is 2.83. The molecule has 0 atom stereocenters. The number of nitrogens with one attached hydrogen (secondary N) is 1. The van der Waals surface area contributed by atoms with Crippen molar-refractivity contribution in [1.82, 2.24) is 14.5 Å². The van der Waals surface area contributed by atoms with Gasteiger partial charge >= 0.3 is 0 Å². The molecule has 1 aromatic rings. The molecular formula is C9H18N4O2S. The van der Waals surface area contributed by atoms with E-state index in [0.29, 0.717) is 11.3 Å². The molecule has 1 heterocycles. The standard InChI is InChI=1S/C9H18N4O2S/c1-6(2)13(4)16(14,15)9-8(5-10)7(3)11-12-9/h6H,5,10H2,1-4H3,(H,11,12). The van der Waals surface area contributed by atoms with Gasteiger partial charge in [0.1, 0.15) is 0 Å².